The molecule has 25 heavy (non-hydrogen) atoms. The number of rotatable bonds is 6. The van der Waals surface area contributed by atoms with Crippen molar-refractivity contribution in [1.29, 1.82) is 0 Å². The zero-order valence-corrected chi connectivity index (χ0v) is 13.5. The van der Waals surface area contributed by atoms with Crippen molar-refractivity contribution in [2.45, 2.75) is 19.6 Å². The van der Waals surface area contributed by atoms with Gasteiger partial charge in [0.05, 0.1) is 6.54 Å². The SMILES string of the molecule is C[C@H](Oc1ccc(F)cc1)C(=O)NCc1nc(-c2ccccc2)no1. The fourth-order valence-corrected chi connectivity index (χ4v) is 2.11. The molecule has 1 atom stereocenters. The van der Waals surface area contributed by atoms with Crippen LogP contribution in [0.25, 0.3) is 11.4 Å². The van der Waals surface area contributed by atoms with Gasteiger partial charge >= 0.3 is 0 Å². The zero-order chi connectivity index (χ0) is 17.6. The second-order valence-corrected chi connectivity index (χ2v) is 5.31. The molecule has 0 aliphatic carbocycles. The molecule has 0 fully saturated rings. The number of halogens is 1. The van der Waals surface area contributed by atoms with Crippen molar-refractivity contribution >= 4 is 5.91 Å². The van der Waals surface area contributed by atoms with Crippen LogP contribution in [0.15, 0.2) is 59.1 Å². The Morgan fingerprint density at radius 3 is 2.64 bits per heavy atom. The number of carbonyl (C=O) groups is 1. The molecule has 0 radical (unpaired) electrons. The van der Waals surface area contributed by atoms with Gasteiger partial charge in [-0.1, -0.05) is 35.5 Å². The molecule has 1 amide bonds. The van der Waals surface area contributed by atoms with Crippen LogP contribution in [-0.4, -0.2) is 22.2 Å². The fraction of sp³-hybridized carbons (Fsp3) is 0.167. The highest BCUT2D eigenvalue weighted by molar-refractivity contribution is 5.80. The van der Waals surface area contributed by atoms with Crippen LogP contribution in [0.3, 0.4) is 0 Å². The van der Waals surface area contributed by atoms with Gasteiger partial charge < -0.3 is 14.6 Å². The minimum Gasteiger partial charge on any atom is -0.481 e. The van der Waals surface area contributed by atoms with Gasteiger partial charge in [-0.05, 0) is 31.2 Å². The molecule has 3 rings (SSSR count). The Hall–Kier alpha value is -3.22. The van der Waals surface area contributed by atoms with Crippen molar-refractivity contribution in [1.82, 2.24) is 15.5 Å². The van der Waals surface area contributed by atoms with E-state index < -0.39 is 6.10 Å². The van der Waals surface area contributed by atoms with E-state index in [9.17, 15) is 9.18 Å². The van der Waals surface area contributed by atoms with Gasteiger partial charge in [0.1, 0.15) is 11.6 Å². The number of amides is 1. The van der Waals surface area contributed by atoms with Gasteiger partial charge in [0.2, 0.25) is 11.7 Å². The Balaban J connectivity index is 1.53. The molecule has 0 aliphatic rings. The van der Waals surface area contributed by atoms with Crippen LogP contribution >= 0.6 is 0 Å². The van der Waals surface area contributed by atoms with E-state index in [-0.39, 0.29) is 18.3 Å². The lowest BCUT2D eigenvalue weighted by Crippen LogP contribution is -2.35. The second kappa shape index (κ2) is 7.57. The van der Waals surface area contributed by atoms with E-state index in [1.54, 1.807) is 6.92 Å². The van der Waals surface area contributed by atoms with Gasteiger partial charge in [0.25, 0.3) is 5.91 Å². The second-order valence-electron chi connectivity index (χ2n) is 5.31. The van der Waals surface area contributed by atoms with E-state index in [1.165, 1.54) is 24.3 Å². The molecule has 3 aromatic rings. The summed E-state index contributed by atoms with van der Waals surface area (Å²) < 4.78 is 23.4. The number of nitrogens with zero attached hydrogens (tertiary/aromatic N) is 2. The number of nitrogens with one attached hydrogen (secondary N) is 1. The van der Waals surface area contributed by atoms with Crippen molar-refractivity contribution in [3.63, 3.8) is 0 Å². The lowest BCUT2D eigenvalue weighted by molar-refractivity contribution is -0.127. The van der Waals surface area contributed by atoms with Crippen molar-refractivity contribution in [2.75, 3.05) is 0 Å². The van der Waals surface area contributed by atoms with Crippen LogP contribution in [-0.2, 0) is 11.3 Å². The molecule has 6 nitrogen and oxygen atoms in total. The third kappa shape index (κ3) is 4.41. The highest BCUT2D eigenvalue weighted by Gasteiger charge is 2.16. The Morgan fingerprint density at radius 2 is 1.92 bits per heavy atom. The lowest BCUT2D eigenvalue weighted by Gasteiger charge is -2.13. The number of hydrogen-bond donors (Lipinski definition) is 1. The van der Waals surface area contributed by atoms with Crippen LogP contribution < -0.4 is 10.1 Å². The summed E-state index contributed by atoms with van der Waals surface area (Å²) in [6.45, 7) is 1.69. The molecule has 0 bridgehead atoms. The largest absolute Gasteiger partial charge is 0.481 e. The van der Waals surface area contributed by atoms with E-state index in [1.807, 2.05) is 30.3 Å². The van der Waals surface area contributed by atoms with Gasteiger partial charge in [-0.15, -0.1) is 0 Å². The molecule has 1 aromatic heterocycles. The Bertz CT molecular complexity index is 834. The first-order valence-electron chi connectivity index (χ1n) is 7.70. The summed E-state index contributed by atoms with van der Waals surface area (Å²) >= 11 is 0. The maximum atomic E-state index is 12.9. The summed E-state index contributed by atoms with van der Waals surface area (Å²) in [4.78, 5) is 16.3. The first kappa shape index (κ1) is 16.6. The third-order valence-corrected chi connectivity index (χ3v) is 3.41. The van der Waals surface area contributed by atoms with Gasteiger partial charge in [-0.2, -0.15) is 4.98 Å². The number of benzene rings is 2. The first-order valence-corrected chi connectivity index (χ1v) is 7.70. The molecule has 1 N–H and O–H groups in total. The summed E-state index contributed by atoms with van der Waals surface area (Å²) in [5.41, 5.74) is 0.830. The van der Waals surface area contributed by atoms with Crippen molar-refractivity contribution in [3.05, 3.63) is 66.3 Å². The number of hydrogen-bond acceptors (Lipinski definition) is 5. The molecule has 0 saturated heterocycles. The molecule has 2 aromatic carbocycles. The molecule has 0 unspecified atom stereocenters. The van der Waals surface area contributed by atoms with Crippen LogP contribution in [0.2, 0.25) is 0 Å². The van der Waals surface area contributed by atoms with Crippen LogP contribution in [0.5, 0.6) is 5.75 Å². The minimum atomic E-state index is -0.748. The summed E-state index contributed by atoms with van der Waals surface area (Å²) in [5.74, 6) is 0.453. The van der Waals surface area contributed by atoms with Crippen molar-refractivity contribution < 1.29 is 18.4 Å². The van der Waals surface area contributed by atoms with E-state index in [0.717, 1.165) is 5.56 Å². The van der Waals surface area contributed by atoms with Crippen molar-refractivity contribution in [2.24, 2.45) is 0 Å². The molecule has 128 valence electrons. The number of carbonyl (C=O) groups excluding carboxylic acids is 1. The molecule has 0 spiro atoms. The van der Waals surface area contributed by atoms with Gasteiger partial charge in [0, 0.05) is 5.56 Å². The Morgan fingerprint density at radius 1 is 1.20 bits per heavy atom. The predicted octanol–water partition coefficient (Wildman–Crippen LogP) is 2.96. The van der Waals surface area contributed by atoms with Crippen LogP contribution in [0.1, 0.15) is 12.8 Å². The molecular formula is C18H16FN3O3. The highest BCUT2D eigenvalue weighted by Crippen LogP contribution is 2.15. The fourth-order valence-electron chi connectivity index (χ4n) is 2.11. The summed E-state index contributed by atoms with van der Waals surface area (Å²) in [5, 5.41) is 6.54. The van der Waals surface area contributed by atoms with E-state index in [4.69, 9.17) is 9.26 Å². The molecule has 0 aliphatic heterocycles. The minimum absolute atomic E-state index is 0.0930. The quantitative estimate of drug-likeness (QED) is 0.746. The third-order valence-electron chi connectivity index (χ3n) is 3.41. The molecule has 1 heterocycles. The van der Waals surface area contributed by atoms with Gasteiger partial charge in [0.15, 0.2) is 6.10 Å². The van der Waals surface area contributed by atoms with Gasteiger partial charge in [-0.3, -0.25) is 4.79 Å². The topological polar surface area (TPSA) is 77.2 Å². The lowest BCUT2D eigenvalue weighted by atomic mass is 10.2. The Kier molecular flexibility index (Phi) is 5.03. The monoisotopic (exact) mass is 341 g/mol. The van der Waals surface area contributed by atoms with E-state index in [0.29, 0.717) is 17.5 Å². The summed E-state index contributed by atoms with van der Waals surface area (Å²) in [6.07, 6.45) is -0.748. The predicted molar refractivity (Wildman–Crippen MR) is 88.1 cm³/mol. The first-order chi connectivity index (χ1) is 12.1. The normalized spacial score (nSPS) is 11.8. The number of aromatic nitrogens is 2. The Labute approximate surface area is 143 Å². The highest BCUT2D eigenvalue weighted by atomic mass is 19.1. The standard InChI is InChI=1S/C18H16FN3O3/c1-12(24-15-9-7-14(19)8-10-15)18(23)20-11-16-21-17(22-25-16)13-5-3-2-4-6-13/h2-10,12H,11H2,1H3,(H,20,23)/t12-/m0/s1. The van der Waals surface area contributed by atoms with Crippen LogP contribution in [0.4, 0.5) is 4.39 Å². The summed E-state index contributed by atoms with van der Waals surface area (Å²) in [6, 6.07) is 14.8. The average molecular weight is 341 g/mol. The zero-order valence-electron chi connectivity index (χ0n) is 13.5. The molecule has 0 saturated carbocycles. The smallest absolute Gasteiger partial charge is 0.261 e. The van der Waals surface area contributed by atoms with Crippen molar-refractivity contribution in [3.8, 4) is 17.1 Å². The molecular weight excluding hydrogens is 325 g/mol. The summed E-state index contributed by atoms with van der Waals surface area (Å²) in [7, 11) is 0. The van der Waals surface area contributed by atoms with E-state index >= 15 is 0 Å². The van der Waals surface area contributed by atoms with E-state index in [2.05, 4.69) is 15.5 Å². The maximum Gasteiger partial charge on any atom is 0.261 e. The maximum absolute atomic E-state index is 12.9. The van der Waals surface area contributed by atoms with Gasteiger partial charge in [-0.25, -0.2) is 4.39 Å². The molecule has 7 heteroatoms. The number of ether oxygens (including phenoxy) is 1. The average Bonchev–Trinajstić information content (AvgIpc) is 3.11. The van der Waals surface area contributed by atoms with Crippen LogP contribution in [0, 0.1) is 5.82 Å².